The number of nitrogens with one attached hydrogen (secondary N) is 1. The molecule has 140 valence electrons. The Kier molecular flexibility index (Phi) is 6.00. The van der Waals surface area contributed by atoms with Gasteiger partial charge in [-0.25, -0.2) is 4.98 Å². The average Bonchev–Trinajstić information content (AvgIpc) is 3.15. The molecule has 0 spiro atoms. The van der Waals surface area contributed by atoms with E-state index in [9.17, 15) is 4.79 Å². The number of carbonyl (C=O) groups is 1. The smallest absolute Gasteiger partial charge is 0.255 e. The first-order valence-electron chi connectivity index (χ1n) is 8.59. The molecule has 8 heteroatoms. The summed E-state index contributed by atoms with van der Waals surface area (Å²) >= 11 is 6.36. The van der Waals surface area contributed by atoms with E-state index in [1.54, 1.807) is 13.3 Å². The summed E-state index contributed by atoms with van der Waals surface area (Å²) in [7, 11) is 1.54. The largest absolute Gasteiger partial charge is 0.493 e. The van der Waals surface area contributed by atoms with Crippen molar-refractivity contribution in [3.63, 3.8) is 0 Å². The van der Waals surface area contributed by atoms with Gasteiger partial charge in [-0.05, 0) is 37.1 Å². The number of halogens is 1. The molecular formula is C18H23ClN4O3. The summed E-state index contributed by atoms with van der Waals surface area (Å²) in [6.07, 6.45) is 7.05. The fraction of sp³-hybridized carbons (Fsp3) is 0.444. The molecule has 7 nitrogen and oxygen atoms in total. The Balaban J connectivity index is 1.80. The summed E-state index contributed by atoms with van der Waals surface area (Å²) in [5, 5.41) is 0.396. The molecule has 26 heavy (non-hydrogen) atoms. The van der Waals surface area contributed by atoms with Crippen LogP contribution in [0.1, 0.15) is 36.7 Å². The molecule has 0 radical (unpaired) electrons. The van der Waals surface area contributed by atoms with Crippen molar-refractivity contribution in [1.82, 2.24) is 14.9 Å². The predicted octanol–water partition coefficient (Wildman–Crippen LogP) is 2.66. The fourth-order valence-corrected chi connectivity index (χ4v) is 3.62. The van der Waals surface area contributed by atoms with Gasteiger partial charge in [-0.1, -0.05) is 18.0 Å². The van der Waals surface area contributed by atoms with E-state index in [0.29, 0.717) is 16.5 Å². The number of rotatable bonds is 7. The van der Waals surface area contributed by atoms with Gasteiger partial charge in [0.15, 0.2) is 18.1 Å². The van der Waals surface area contributed by atoms with Crippen LogP contribution >= 0.6 is 11.6 Å². The first-order valence-corrected chi connectivity index (χ1v) is 8.97. The highest BCUT2D eigenvalue weighted by atomic mass is 35.5. The zero-order valence-corrected chi connectivity index (χ0v) is 15.5. The normalized spacial score (nSPS) is 17.8. The number of ether oxygens (including phenoxy) is 2. The molecule has 2 heterocycles. The Morgan fingerprint density at radius 2 is 2.31 bits per heavy atom. The monoisotopic (exact) mass is 378 g/mol. The highest BCUT2D eigenvalue weighted by Crippen LogP contribution is 2.38. The molecule has 2 aromatic rings. The van der Waals surface area contributed by atoms with Crippen LogP contribution in [0.5, 0.6) is 11.5 Å². The number of aromatic amines is 1. The Hall–Kier alpha value is -2.25. The van der Waals surface area contributed by atoms with Crippen LogP contribution in [0.15, 0.2) is 24.5 Å². The van der Waals surface area contributed by atoms with E-state index < -0.39 is 5.91 Å². The molecule has 3 N–H and O–H groups in total. The van der Waals surface area contributed by atoms with Gasteiger partial charge in [0.05, 0.1) is 18.2 Å². The average molecular weight is 379 g/mol. The number of methoxy groups -OCH3 is 1. The van der Waals surface area contributed by atoms with Crippen LogP contribution in [0.4, 0.5) is 0 Å². The van der Waals surface area contributed by atoms with Crippen molar-refractivity contribution in [1.29, 1.82) is 0 Å². The second kappa shape index (κ2) is 8.42. The first-order chi connectivity index (χ1) is 12.6. The minimum atomic E-state index is -0.568. The van der Waals surface area contributed by atoms with Crippen molar-refractivity contribution in [3.05, 3.63) is 40.9 Å². The lowest BCUT2D eigenvalue weighted by atomic mass is 10.0. The topological polar surface area (TPSA) is 93.5 Å². The molecule has 0 aliphatic carbocycles. The number of nitrogens with two attached hydrogens (primary N) is 1. The number of hydrogen-bond donors (Lipinski definition) is 2. The third-order valence-electron chi connectivity index (χ3n) is 4.48. The molecule has 1 amide bonds. The zero-order chi connectivity index (χ0) is 18.5. The number of H-pyrrole nitrogens is 1. The number of amides is 1. The van der Waals surface area contributed by atoms with Crippen molar-refractivity contribution >= 4 is 17.5 Å². The second-order valence-corrected chi connectivity index (χ2v) is 6.73. The maximum absolute atomic E-state index is 11.0. The molecule has 1 aliphatic rings. The van der Waals surface area contributed by atoms with Crippen LogP contribution in [-0.4, -0.2) is 41.0 Å². The van der Waals surface area contributed by atoms with Crippen molar-refractivity contribution in [2.24, 2.45) is 5.73 Å². The Morgan fingerprint density at radius 1 is 1.46 bits per heavy atom. The zero-order valence-electron chi connectivity index (χ0n) is 14.7. The predicted molar refractivity (Wildman–Crippen MR) is 98.3 cm³/mol. The van der Waals surface area contributed by atoms with Gasteiger partial charge in [-0.2, -0.15) is 0 Å². The molecule has 1 saturated heterocycles. The maximum atomic E-state index is 11.0. The number of benzene rings is 1. The van der Waals surface area contributed by atoms with Crippen LogP contribution in [0.3, 0.4) is 0 Å². The van der Waals surface area contributed by atoms with E-state index in [1.807, 2.05) is 18.3 Å². The summed E-state index contributed by atoms with van der Waals surface area (Å²) in [5.41, 5.74) is 6.14. The standard InChI is InChI=1S/C18H23ClN4O3/c1-25-15-9-12(8-13(19)17(15)26-11-16(20)24)10-23-7-3-2-4-14(23)18-21-5-6-22-18/h5-6,8-9,14H,2-4,7,10-11H2,1H3,(H2,20,24)(H,21,22)/t14-/m0/s1. The third kappa shape index (κ3) is 4.28. The van der Waals surface area contributed by atoms with E-state index in [-0.39, 0.29) is 12.6 Å². The number of imidazole rings is 1. The van der Waals surface area contributed by atoms with Gasteiger partial charge in [0, 0.05) is 18.9 Å². The van der Waals surface area contributed by atoms with Crippen molar-refractivity contribution in [2.75, 3.05) is 20.3 Å². The molecule has 0 bridgehead atoms. The van der Waals surface area contributed by atoms with Gasteiger partial charge in [-0.15, -0.1) is 0 Å². The van der Waals surface area contributed by atoms with Crippen LogP contribution in [0.25, 0.3) is 0 Å². The van der Waals surface area contributed by atoms with Crippen LogP contribution in [0.2, 0.25) is 5.02 Å². The summed E-state index contributed by atoms with van der Waals surface area (Å²) in [4.78, 5) is 21.0. The second-order valence-electron chi connectivity index (χ2n) is 6.32. The van der Waals surface area contributed by atoms with Crippen molar-refractivity contribution in [3.8, 4) is 11.5 Å². The maximum Gasteiger partial charge on any atom is 0.255 e. The fourth-order valence-electron chi connectivity index (χ4n) is 3.33. The summed E-state index contributed by atoms with van der Waals surface area (Å²) in [6, 6.07) is 3.99. The van der Waals surface area contributed by atoms with E-state index >= 15 is 0 Å². The van der Waals surface area contributed by atoms with Crippen molar-refractivity contribution in [2.45, 2.75) is 31.8 Å². The van der Waals surface area contributed by atoms with E-state index in [0.717, 1.165) is 37.3 Å². The van der Waals surface area contributed by atoms with Gasteiger partial charge < -0.3 is 20.2 Å². The summed E-state index contributed by atoms with van der Waals surface area (Å²) < 4.78 is 10.8. The van der Waals surface area contributed by atoms with Gasteiger partial charge in [0.25, 0.3) is 5.91 Å². The number of primary amides is 1. The molecule has 1 aromatic carbocycles. The van der Waals surface area contributed by atoms with Gasteiger partial charge in [0.2, 0.25) is 0 Å². The molecule has 1 fully saturated rings. The number of piperidine rings is 1. The Labute approximate surface area is 157 Å². The molecule has 0 saturated carbocycles. The lowest BCUT2D eigenvalue weighted by molar-refractivity contribution is -0.119. The number of likely N-dealkylation sites (tertiary alicyclic amines) is 1. The number of nitrogens with zero attached hydrogens (tertiary/aromatic N) is 2. The van der Waals surface area contributed by atoms with Crippen LogP contribution in [0, 0.1) is 0 Å². The SMILES string of the molecule is COc1cc(CN2CCCC[C@H]2c2ncc[nH]2)cc(Cl)c1OCC(N)=O. The molecule has 0 unspecified atom stereocenters. The minimum Gasteiger partial charge on any atom is -0.493 e. The quantitative estimate of drug-likeness (QED) is 0.772. The summed E-state index contributed by atoms with van der Waals surface area (Å²) in [6.45, 7) is 1.46. The lowest BCUT2D eigenvalue weighted by Gasteiger charge is -2.34. The molecule has 1 aromatic heterocycles. The Bertz CT molecular complexity index is 751. The third-order valence-corrected chi connectivity index (χ3v) is 4.76. The molecular weight excluding hydrogens is 356 g/mol. The van der Waals surface area contributed by atoms with Gasteiger partial charge in [0.1, 0.15) is 5.82 Å². The highest BCUT2D eigenvalue weighted by Gasteiger charge is 2.26. The Morgan fingerprint density at radius 3 is 3.00 bits per heavy atom. The number of aromatic nitrogens is 2. The summed E-state index contributed by atoms with van der Waals surface area (Å²) in [5.74, 6) is 1.24. The van der Waals surface area contributed by atoms with Gasteiger partial charge >= 0.3 is 0 Å². The van der Waals surface area contributed by atoms with E-state index in [2.05, 4.69) is 14.9 Å². The number of hydrogen-bond acceptors (Lipinski definition) is 5. The van der Waals surface area contributed by atoms with E-state index in [1.165, 1.54) is 6.42 Å². The van der Waals surface area contributed by atoms with Crippen molar-refractivity contribution < 1.29 is 14.3 Å². The molecule has 3 rings (SSSR count). The lowest BCUT2D eigenvalue weighted by Crippen LogP contribution is -2.33. The number of carbonyl (C=O) groups excluding carboxylic acids is 1. The molecule has 1 aliphatic heterocycles. The first kappa shape index (κ1) is 18.5. The van der Waals surface area contributed by atoms with Crippen LogP contribution < -0.4 is 15.2 Å². The van der Waals surface area contributed by atoms with E-state index in [4.69, 9.17) is 26.8 Å². The van der Waals surface area contributed by atoms with Crippen LogP contribution in [-0.2, 0) is 11.3 Å². The minimum absolute atomic E-state index is 0.248. The van der Waals surface area contributed by atoms with Gasteiger partial charge in [-0.3, -0.25) is 9.69 Å². The molecule has 1 atom stereocenters. The highest BCUT2D eigenvalue weighted by molar-refractivity contribution is 6.32.